The zero-order valence-electron chi connectivity index (χ0n) is 18.2. The van der Waals surface area contributed by atoms with Gasteiger partial charge in [0.15, 0.2) is 5.06 Å². The Morgan fingerprint density at radius 2 is 1.46 bits per heavy atom. The summed E-state index contributed by atoms with van der Waals surface area (Å²) >= 11 is 3.51. The Hall–Kier alpha value is -1.00. The van der Waals surface area contributed by atoms with Crippen LogP contribution in [-0.2, 0) is 0 Å². The predicted octanol–water partition coefficient (Wildman–Crippen LogP) is 8.67. The molecule has 0 radical (unpaired) electrons. The summed E-state index contributed by atoms with van der Waals surface area (Å²) < 4.78 is 12.3. The standard InChI is InChI=1S/C24H38O2S2/c1-5-9-11-19(7-3)17-25-21-15-16-27-24(21)22-13-14-23(28-22)26-18-20(8-4)12-10-6-2/h13-16,19-20H,5-12,17-18H2,1-4H3. The molecular formula is C24H38O2S2. The van der Waals surface area contributed by atoms with Gasteiger partial charge in [-0.3, -0.25) is 0 Å². The zero-order chi connectivity index (χ0) is 20.2. The van der Waals surface area contributed by atoms with Crippen LogP contribution in [0.2, 0.25) is 0 Å². The van der Waals surface area contributed by atoms with E-state index in [0.29, 0.717) is 11.8 Å². The largest absolute Gasteiger partial charge is 0.492 e. The predicted molar refractivity (Wildman–Crippen MR) is 125 cm³/mol. The molecule has 0 aromatic carbocycles. The highest BCUT2D eigenvalue weighted by Gasteiger charge is 2.15. The number of thiophene rings is 2. The number of hydrogen-bond donors (Lipinski definition) is 0. The van der Waals surface area contributed by atoms with Crippen LogP contribution in [0.1, 0.15) is 79.1 Å². The van der Waals surface area contributed by atoms with Crippen molar-refractivity contribution in [2.45, 2.75) is 79.1 Å². The van der Waals surface area contributed by atoms with E-state index in [0.717, 1.165) is 24.0 Å². The summed E-state index contributed by atoms with van der Waals surface area (Å²) in [5.41, 5.74) is 0. The lowest BCUT2D eigenvalue weighted by Crippen LogP contribution is -2.11. The van der Waals surface area contributed by atoms with Crippen molar-refractivity contribution in [1.29, 1.82) is 0 Å². The molecule has 2 unspecified atom stereocenters. The molecule has 4 heteroatoms. The Balaban J connectivity index is 1.91. The quantitative estimate of drug-likeness (QED) is 0.286. The van der Waals surface area contributed by atoms with Gasteiger partial charge in [-0.15, -0.1) is 11.3 Å². The Morgan fingerprint density at radius 3 is 2.07 bits per heavy atom. The van der Waals surface area contributed by atoms with E-state index in [1.807, 2.05) is 0 Å². The maximum absolute atomic E-state index is 6.23. The molecule has 0 saturated carbocycles. The summed E-state index contributed by atoms with van der Waals surface area (Å²) in [6.45, 7) is 10.7. The first-order valence-electron chi connectivity index (χ1n) is 11.1. The van der Waals surface area contributed by atoms with Gasteiger partial charge in [0.1, 0.15) is 5.75 Å². The van der Waals surface area contributed by atoms with E-state index in [-0.39, 0.29) is 0 Å². The maximum Gasteiger partial charge on any atom is 0.174 e. The third kappa shape index (κ3) is 7.44. The van der Waals surface area contributed by atoms with E-state index in [2.05, 4.69) is 51.3 Å². The van der Waals surface area contributed by atoms with E-state index >= 15 is 0 Å². The summed E-state index contributed by atoms with van der Waals surface area (Å²) in [5.74, 6) is 2.35. The molecule has 2 heterocycles. The third-order valence-corrected chi connectivity index (χ3v) is 7.53. The zero-order valence-corrected chi connectivity index (χ0v) is 19.8. The summed E-state index contributed by atoms with van der Waals surface area (Å²) in [7, 11) is 0. The first-order valence-corrected chi connectivity index (χ1v) is 12.8. The average molecular weight is 423 g/mol. The molecule has 0 saturated heterocycles. The minimum Gasteiger partial charge on any atom is -0.492 e. The Bertz CT molecular complexity index is 647. The fourth-order valence-electron chi connectivity index (χ4n) is 3.31. The van der Waals surface area contributed by atoms with Crippen molar-refractivity contribution in [2.75, 3.05) is 13.2 Å². The lowest BCUT2D eigenvalue weighted by Gasteiger charge is -2.15. The van der Waals surface area contributed by atoms with Crippen molar-refractivity contribution < 1.29 is 9.47 Å². The minimum absolute atomic E-state index is 0.657. The molecule has 0 aliphatic rings. The molecular weight excluding hydrogens is 384 g/mol. The molecule has 0 spiro atoms. The number of ether oxygens (including phenoxy) is 2. The molecule has 2 atom stereocenters. The average Bonchev–Trinajstić information content (AvgIpc) is 3.37. The number of rotatable bonds is 15. The van der Waals surface area contributed by atoms with Gasteiger partial charge < -0.3 is 9.47 Å². The van der Waals surface area contributed by atoms with Gasteiger partial charge in [0.05, 0.1) is 23.0 Å². The van der Waals surface area contributed by atoms with Crippen LogP contribution >= 0.6 is 22.7 Å². The molecule has 2 nitrogen and oxygen atoms in total. The van der Waals surface area contributed by atoms with Gasteiger partial charge in [-0.05, 0) is 48.3 Å². The highest BCUT2D eigenvalue weighted by Crippen LogP contribution is 2.42. The van der Waals surface area contributed by atoms with E-state index in [9.17, 15) is 0 Å². The Labute approximate surface area is 180 Å². The fourth-order valence-corrected chi connectivity index (χ4v) is 5.15. The molecule has 0 aliphatic heterocycles. The molecule has 2 aromatic heterocycles. The third-order valence-electron chi connectivity index (χ3n) is 5.46. The van der Waals surface area contributed by atoms with E-state index < -0.39 is 0 Å². The van der Waals surface area contributed by atoms with Crippen LogP contribution in [-0.4, -0.2) is 13.2 Å². The lowest BCUT2D eigenvalue weighted by molar-refractivity contribution is 0.235. The second-order valence-electron chi connectivity index (χ2n) is 7.69. The summed E-state index contributed by atoms with van der Waals surface area (Å²) in [4.78, 5) is 2.49. The van der Waals surface area contributed by atoms with Crippen molar-refractivity contribution in [2.24, 2.45) is 11.8 Å². The van der Waals surface area contributed by atoms with Gasteiger partial charge in [0, 0.05) is 0 Å². The van der Waals surface area contributed by atoms with Crippen molar-refractivity contribution in [1.82, 2.24) is 0 Å². The SMILES string of the molecule is CCCCC(CC)COc1ccc(-c2sccc2OCC(CC)CCCC)s1. The van der Waals surface area contributed by atoms with Gasteiger partial charge in [-0.25, -0.2) is 0 Å². The van der Waals surface area contributed by atoms with Crippen LogP contribution in [0.4, 0.5) is 0 Å². The van der Waals surface area contributed by atoms with Gasteiger partial charge >= 0.3 is 0 Å². The summed E-state index contributed by atoms with van der Waals surface area (Å²) in [6, 6.07) is 6.41. The van der Waals surface area contributed by atoms with Crippen molar-refractivity contribution in [3.05, 3.63) is 23.6 Å². The van der Waals surface area contributed by atoms with E-state index in [4.69, 9.17) is 9.47 Å². The van der Waals surface area contributed by atoms with Crippen molar-refractivity contribution in [3.63, 3.8) is 0 Å². The highest BCUT2D eigenvalue weighted by molar-refractivity contribution is 7.22. The molecule has 28 heavy (non-hydrogen) atoms. The molecule has 0 fully saturated rings. The van der Waals surface area contributed by atoms with Crippen LogP contribution < -0.4 is 9.47 Å². The second-order valence-corrected chi connectivity index (χ2v) is 9.65. The van der Waals surface area contributed by atoms with Crippen LogP contribution in [0.15, 0.2) is 23.6 Å². The molecule has 2 rings (SSSR count). The maximum atomic E-state index is 6.23. The fraction of sp³-hybridized carbons (Fsp3) is 0.667. The van der Waals surface area contributed by atoms with Crippen LogP contribution in [0, 0.1) is 11.8 Å². The van der Waals surface area contributed by atoms with Gasteiger partial charge in [0.2, 0.25) is 0 Å². The molecule has 0 N–H and O–H groups in total. The van der Waals surface area contributed by atoms with Crippen LogP contribution in [0.25, 0.3) is 9.75 Å². The van der Waals surface area contributed by atoms with E-state index in [1.54, 1.807) is 22.7 Å². The number of hydrogen-bond acceptors (Lipinski definition) is 4. The minimum atomic E-state index is 0.657. The molecule has 0 aliphatic carbocycles. The first kappa shape index (κ1) is 23.3. The highest BCUT2D eigenvalue weighted by atomic mass is 32.1. The topological polar surface area (TPSA) is 18.5 Å². The van der Waals surface area contributed by atoms with Crippen LogP contribution in [0.3, 0.4) is 0 Å². The molecule has 0 amide bonds. The summed E-state index contributed by atoms with van der Waals surface area (Å²) in [6.07, 6.45) is 10.0. The lowest BCUT2D eigenvalue weighted by atomic mass is 10.0. The Kier molecular flexibility index (Phi) is 11.0. The first-order chi connectivity index (χ1) is 13.7. The summed E-state index contributed by atoms with van der Waals surface area (Å²) in [5, 5.41) is 3.16. The number of unbranched alkanes of at least 4 members (excludes halogenated alkanes) is 2. The van der Waals surface area contributed by atoms with Crippen molar-refractivity contribution >= 4 is 22.7 Å². The second kappa shape index (κ2) is 13.3. The monoisotopic (exact) mass is 422 g/mol. The normalized spacial score (nSPS) is 13.4. The molecule has 158 valence electrons. The Morgan fingerprint density at radius 1 is 0.821 bits per heavy atom. The van der Waals surface area contributed by atoms with Gasteiger partial charge in [0.25, 0.3) is 0 Å². The smallest absolute Gasteiger partial charge is 0.174 e. The van der Waals surface area contributed by atoms with Crippen molar-refractivity contribution in [3.8, 4) is 20.6 Å². The van der Waals surface area contributed by atoms with E-state index in [1.165, 1.54) is 61.1 Å². The molecule has 0 bridgehead atoms. The van der Waals surface area contributed by atoms with Crippen LogP contribution in [0.5, 0.6) is 10.8 Å². The molecule has 2 aromatic rings. The van der Waals surface area contributed by atoms with Gasteiger partial charge in [-0.2, -0.15) is 0 Å². The van der Waals surface area contributed by atoms with Gasteiger partial charge in [-0.1, -0.05) is 77.6 Å².